The lowest BCUT2D eigenvalue weighted by Crippen LogP contribution is -2.34. The number of nitrogens with zero attached hydrogens (tertiary/aromatic N) is 4. The summed E-state index contributed by atoms with van der Waals surface area (Å²) in [6, 6.07) is 5.83. The van der Waals surface area contributed by atoms with Crippen molar-refractivity contribution in [1.29, 1.82) is 0 Å². The highest BCUT2D eigenvalue weighted by Crippen LogP contribution is 2.34. The summed E-state index contributed by atoms with van der Waals surface area (Å²) in [4.78, 5) is 24.6. The van der Waals surface area contributed by atoms with Crippen LogP contribution in [0.1, 0.15) is 22.0 Å². The molecule has 138 valence electrons. The van der Waals surface area contributed by atoms with E-state index in [-0.39, 0.29) is 18.7 Å². The molecule has 3 rings (SSSR count). The van der Waals surface area contributed by atoms with Gasteiger partial charge in [-0.1, -0.05) is 6.07 Å². The molecular weight excluding hydrogens is 334 g/mol. The maximum absolute atomic E-state index is 12.4. The molecule has 26 heavy (non-hydrogen) atoms. The van der Waals surface area contributed by atoms with E-state index in [4.69, 9.17) is 9.47 Å². The molecule has 0 fully saturated rings. The Labute approximate surface area is 152 Å². The predicted octanol–water partition coefficient (Wildman–Crippen LogP) is 1.30. The minimum Gasteiger partial charge on any atom is -0.454 e. The van der Waals surface area contributed by atoms with Crippen LogP contribution in [-0.4, -0.2) is 62.3 Å². The molecule has 0 aliphatic carbocycles. The first-order valence-corrected chi connectivity index (χ1v) is 8.29. The Balaban J connectivity index is 1.68. The maximum Gasteiger partial charge on any atom is 0.254 e. The van der Waals surface area contributed by atoms with Crippen molar-refractivity contribution in [2.75, 3.05) is 46.4 Å². The normalized spacial score (nSPS) is 13.6. The van der Waals surface area contributed by atoms with Crippen molar-refractivity contribution in [3.8, 4) is 11.5 Å². The van der Waals surface area contributed by atoms with Crippen molar-refractivity contribution in [3.05, 3.63) is 41.7 Å². The number of rotatable bonds is 6. The fourth-order valence-electron chi connectivity index (χ4n) is 2.68. The van der Waals surface area contributed by atoms with Gasteiger partial charge in [-0.15, -0.1) is 0 Å². The van der Waals surface area contributed by atoms with E-state index in [0.717, 1.165) is 17.1 Å². The monoisotopic (exact) mass is 357 g/mol. The van der Waals surface area contributed by atoms with Crippen LogP contribution in [0, 0.1) is 0 Å². The van der Waals surface area contributed by atoms with Gasteiger partial charge in [-0.05, 0) is 31.8 Å². The zero-order valence-electron chi connectivity index (χ0n) is 15.4. The highest BCUT2D eigenvalue weighted by Gasteiger charge is 2.20. The molecule has 1 amide bonds. The summed E-state index contributed by atoms with van der Waals surface area (Å²) >= 11 is 0. The van der Waals surface area contributed by atoms with Crippen molar-refractivity contribution in [2.24, 2.45) is 0 Å². The molecule has 0 saturated carbocycles. The molecule has 2 aromatic rings. The molecule has 2 heterocycles. The number of benzene rings is 1. The van der Waals surface area contributed by atoms with Crippen LogP contribution >= 0.6 is 0 Å². The van der Waals surface area contributed by atoms with E-state index in [9.17, 15) is 4.79 Å². The van der Waals surface area contributed by atoms with E-state index in [0.29, 0.717) is 18.1 Å². The molecule has 1 unspecified atom stereocenters. The van der Waals surface area contributed by atoms with Crippen molar-refractivity contribution in [3.63, 3.8) is 0 Å². The molecule has 0 bridgehead atoms. The number of anilines is 1. The number of likely N-dealkylation sites (N-methyl/N-ethyl adjacent to an activating group) is 1. The van der Waals surface area contributed by atoms with Crippen LogP contribution < -0.4 is 19.7 Å². The second-order valence-electron chi connectivity index (χ2n) is 6.47. The molecule has 0 radical (unpaired) electrons. The molecule has 8 nitrogen and oxygen atoms in total. The first-order valence-electron chi connectivity index (χ1n) is 8.29. The molecule has 1 atom stereocenters. The number of hydrogen-bond donors (Lipinski definition) is 1. The van der Waals surface area contributed by atoms with Crippen molar-refractivity contribution >= 4 is 11.9 Å². The largest absolute Gasteiger partial charge is 0.454 e. The zero-order chi connectivity index (χ0) is 18.7. The average Bonchev–Trinajstić information content (AvgIpc) is 3.09. The molecule has 0 spiro atoms. The van der Waals surface area contributed by atoms with Gasteiger partial charge in [0.15, 0.2) is 11.5 Å². The van der Waals surface area contributed by atoms with Gasteiger partial charge in [-0.3, -0.25) is 4.79 Å². The summed E-state index contributed by atoms with van der Waals surface area (Å²) in [5, 5.41) is 2.95. The Morgan fingerprint density at radius 3 is 2.50 bits per heavy atom. The number of nitrogens with one attached hydrogen (secondary N) is 1. The summed E-state index contributed by atoms with van der Waals surface area (Å²) < 4.78 is 10.8. The summed E-state index contributed by atoms with van der Waals surface area (Å²) in [6.45, 7) is 0.687. The van der Waals surface area contributed by atoms with Gasteiger partial charge in [0.2, 0.25) is 12.7 Å². The number of amides is 1. The first kappa shape index (κ1) is 17.9. The van der Waals surface area contributed by atoms with Gasteiger partial charge in [0.05, 0.1) is 11.6 Å². The Morgan fingerprint density at radius 1 is 1.15 bits per heavy atom. The first-order chi connectivity index (χ1) is 12.5. The van der Waals surface area contributed by atoms with E-state index in [2.05, 4.69) is 15.3 Å². The quantitative estimate of drug-likeness (QED) is 0.835. The predicted molar refractivity (Wildman–Crippen MR) is 97.7 cm³/mol. The third-order valence-corrected chi connectivity index (χ3v) is 4.16. The maximum atomic E-state index is 12.4. The lowest BCUT2D eigenvalue weighted by molar-refractivity contribution is 0.0941. The third-order valence-electron chi connectivity index (χ3n) is 4.16. The number of carbonyl (C=O) groups excluding carboxylic acids is 1. The highest BCUT2D eigenvalue weighted by molar-refractivity contribution is 5.93. The molecule has 1 aromatic heterocycles. The standard InChI is InChI=1S/C18H23N5O3/c1-22(2)14(12-5-6-15-16(7-12)26-11-25-15)10-19-17(24)13-8-20-18(21-9-13)23(3)4/h5-9,14H,10-11H2,1-4H3,(H,19,24). The van der Waals surface area contributed by atoms with E-state index in [1.54, 1.807) is 4.90 Å². The summed E-state index contributed by atoms with van der Waals surface area (Å²) in [5.41, 5.74) is 1.47. The molecule has 8 heteroatoms. The topological polar surface area (TPSA) is 79.8 Å². The summed E-state index contributed by atoms with van der Waals surface area (Å²) in [6.07, 6.45) is 3.06. The van der Waals surface area contributed by atoms with Crippen LogP contribution in [-0.2, 0) is 0 Å². The lowest BCUT2D eigenvalue weighted by atomic mass is 10.0. The van der Waals surface area contributed by atoms with Gasteiger partial charge in [0.25, 0.3) is 5.91 Å². The smallest absolute Gasteiger partial charge is 0.254 e. The van der Waals surface area contributed by atoms with Crippen LogP contribution in [0.25, 0.3) is 0 Å². The molecule has 1 aromatic carbocycles. The Bertz CT molecular complexity index is 777. The summed E-state index contributed by atoms with van der Waals surface area (Å²) in [5.74, 6) is 1.83. The number of ether oxygens (including phenoxy) is 2. The van der Waals surface area contributed by atoms with Gasteiger partial charge in [-0.25, -0.2) is 9.97 Å². The van der Waals surface area contributed by atoms with Crippen LogP contribution in [0.2, 0.25) is 0 Å². The second kappa shape index (κ2) is 7.57. The van der Waals surface area contributed by atoms with Crippen LogP contribution in [0.5, 0.6) is 11.5 Å². The number of aromatic nitrogens is 2. The SMILES string of the molecule is CN(C)c1ncc(C(=O)NCC(c2ccc3c(c2)OCO3)N(C)C)cn1. The van der Waals surface area contributed by atoms with Gasteiger partial charge < -0.3 is 24.6 Å². The van der Waals surface area contributed by atoms with E-state index in [1.807, 2.05) is 51.3 Å². The third kappa shape index (κ3) is 3.85. The second-order valence-corrected chi connectivity index (χ2v) is 6.47. The van der Waals surface area contributed by atoms with Gasteiger partial charge in [0.1, 0.15) is 0 Å². The number of fused-ring (bicyclic) bond motifs is 1. The van der Waals surface area contributed by atoms with E-state index < -0.39 is 0 Å². The molecular formula is C18H23N5O3. The molecule has 1 aliphatic heterocycles. The fraction of sp³-hybridized carbons (Fsp3) is 0.389. The summed E-state index contributed by atoms with van der Waals surface area (Å²) in [7, 11) is 7.64. The van der Waals surface area contributed by atoms with Gasteiger partial charge >= 0.3 is 0 Å². The molecule has 0 saturated heterocycles. The average molecular weight is 357 g/mol. The Kier molecular flexibility index (Phi) is 5.22. The van der Waals surface area contributed by atoms with Gasteiger partial charge in [-0.2, -0.15) is 0 Å². The van der Waals surface area contributed by atoms with Crippen LogP contribution in [0.15, 0.2) is 30.6 Å². The molecule has 1 aliphatic rings. The number of hydrogen-bond acceptors (Lipinski definition) is 7. The Hall–Kier alpha value is -2.87. The van der Waals surface area contributed by atoms with Crippen LogP contribution in [0.4, 0.5) is 5.95 Å². The minimum atomic E-state index is -0.206. The Morgan fingerprint density at radius 2 is 1.85 bits per heavy atom. The fourth-order valence-corrected chi connectivity index (χ4v) is 2.68. The minimum absolute atomic E-state index is 0.00424. The van der Waals surface area contributed by atoms with Gasteiger partial charge in [0, 0.05) is 33.0 Å². The zero-order valence-corrected chi connectivity index (χ0v) is 15.4. The van der Waals surface area contributed by atoms with Crippen molar-refractivity contribution in [1.82, 2.24) is 20.2 Å². The van der Waals surface area contributed by atoms with Crippen LogP contribution in [0.3, 0.4) is 0 Å². The van der Waals surface area contributed by atoms with E-state index in [1.165, 1.54) is 12.4 Å². The number of carbonyl (C=O) groups is 1. The van der Waals surface area contributed by atoms with Crippen molar-refractivity contribution in [2.45, 2.75) is 6.04 Å². The lowest BCUT2D eigenvalue weighted by Gasteiger charge is -2.25. The molecule has 1 N–H and O–H groups in total. The van der Waals surface area contributed by atoms with Crippen molar-refractivity contribution < 1.29 is 14.3 Å². The highest BCUT2D eigenvalue weighted by atomic mass is 16.7. The van der Waals surface area contributed by atoms with E-state index >= 15 is 0 Å².